The SMILES string of the molecule is C/C(=C\[C@H](C(C)C)N(C)C(=O)[C@@H](NC(=O)[C@@H](N1CCCC1)C(C)(C)c1ccccc1)C(C)(C)C)C(=O)O. The van der Waals surface area contributed by atoms with E-state index in [4.69, 9.17) is 0 Å². The number of carboxylic acid groups (broad SMARTS) is 1. The summed E-state index contributed by atoms with van der Waals surface area (Å²) < 4.78 is 0. The highest BCUT2D eigenvalue weighted by Gasteiger charge is 2.45. The molecule has 206 valence electrons. The second-order valence-corrected chi connectivity index (χ2v) is 12.4. The summed E-state index contributed by atoms with van der Waals surface area (Å²) >= 11 is 0. The van der Waals surface area contributed by atoms with Crippen LogP contribution in [0.3, 0.4) is 0 Å². The molecule has 2 amide bonds. The van der Waals surface area contributed by atoms with E-state index in [0.717, 1.165) is 31.5 Å². The van der Waals surface area contributed by atoms with Crippen LogP contribution in [0.5, 0.6) is 0 Å². The molecular weight excluding hydrogens is 466 g/mol. The lowest BCUT2D eigenvalue weighted by atomic mass is 9.76. The maximum Gasteiger partial charge on any atom is 0.331 e. The number of likely N-dealkylation sites (N-methyl/N-ethyl adjacent to an activating group) is 1. The Hall–Kier alpha value is -2.67. The summed E-state index contributed by atoms with van der Waals surface area (Å²) in [5.41, 5.74) is 0.232. The number of rotatable bonds is 10. The number of aliphatic carboxylic acids is 1. The van der Waals surface area contributed by atoms with Gasteiger partial charge in [-0.3, -0.25) is 14.5 Å². The molecule has 0 unspecified atom stereocenters. The number of likely N-dealkylation sites (tertiary alicyclic amines) is 1. The van der Waals surface area contributed by atoms with Gasteiger partial charge in [0.15, 0.2) is 0 Å². The van der Waals surface area contributed by atoms with Crippen LogP contribution in [0.4, 0.5) is 0 Å². The van der Waals surface area contributed by atoms with Gasteiger partial charge in [-0.25, -0.2) is 4.79 Å². The first-order valence-corrected chi connectivity index (χ1v) is 13.4. The van der Waals surface area contributed by atoms with Crippen LogP contribution >= 0.6 is 0 Å². The van der Waals surface area contributed by atoms with Crippen LogP contribution in [0.2, 0.25) is 0 Å². The summed E-state index contributed by atoms with van der Waals surface area (Å²) in [7, 11) is 1.69. The quantitative estimate of drug-likeness (QED) is 0.451. The monoisotopic (exact) mass is 513 g/mol. The average Bonchev–Trinajstić information content (AvgIpc) is 3.33. The van der Waals surface area contributed by atoms with Crippen LogP contribution in [0.25, 0.3) is 0 Å². The molecule has 1 heterocycles. The van der Waals surface area contributed by atoms with E-state index in [2.05, 4.69) is 36.2 Å². The molecule has 1 aliphatic heterocycles. The lowest BCUT2D eigenvalue weighted by molar-refractivity contribution is -0.142. The van der Waals surface area contributed by atoms with E-state index in [-0.39, 0.29) is 23.3 Å². The number of hydrogen-bond acceptors (Lipinski definition) is 4. The van der Waals surface area contributed by atoms with Gasteiger partial charge in [0.05, 0.1) is 12.1 Å². The van der Waals surface area contributed by atoms with E-state index in [1.165, 1.54) is 6.92 Å². The number of hydrogen-bond donors (Lipinski definition) is 2. The summed E-state index contributed by atoms with van der Waals surface area (Å²) in [6, 6.07) is 8.44. The van der Waals surface area contributed by atoms with E-state index < -0.39 is 34.9 Å². The molecule has 2 N–H and O–H groups in total. The molecule has 0 saturated carbocycles. The molecule has 1 aromatic carbocycles. The molecule has 0 spiro atoms. The second-order valence-electron chi connectivity index (χ2n) is 12.4. The topological polar surface area (TPSA) is 90.0 Å². The number of nitrogens with zero attached hydrogens (tertiary/aromatic N) is 2. The summed E-state index contributed by atoms with van der Waals surface area (Å²) in [6.45, 7) is 17.2. The molecule has 1 aromatic rings. The van der Waals surface area contributed by atoms with Gasteiger partial charge in [-0.2, -0.15) is 0 Å². The second kappa shape index (κ2) is 12.2. The van der Waals surface area contributed by atoms with E-state index in [0.29, 0.717) is 0 Å². The fraction of sp³-hybridized carbons (Fsp3) is 0.633. The predicted octanol–water partition coefficient (Wildman–Crippen LogP) is 4.47. The third kappa shape index (κ3) is 7.44. The van der Waals surface area contributed by atoms with Gasteiger partial charge in [-0.05, 0) is 49.8 Å². The molecule has 1 fully saturated rings. The zero-order valence-electron chi connectivity index (χ0n) is 24.2. The van der Waals surface area contributed by atoms with Crippen molar-refractivity contribution < 1.29 is 19.5 Å². The molecule has 0 bridgehead atoms. The lowest BCUT2D eigenvalue weighted by Crippen LogP contribution is -2.62. The molecule has 1 saturated heterocycles. The lowest BCUT2D eigenvalue weighted by Gasteiger charge is -2.42. The van der Waals surface area contributed by atoms with Gasteiger partial charge < -0.3 is 15.3 Å². The number of benzene rings is 1. The Morgan fingerprint density at radius 3 is 2.03 bits per heavy atom. The fourth-order valence-electron chi connectivity index (χ4n) is 5.27. The van der Waals surface area contributed by atoms with Crippen LogP contribution in [0, 0.1) is 11.3 Å². The van der Waals surface area contributed by atoms with Gasteiger partial charge in [-0.1, -0.05) is 84.9 Å². The van der Waals surface area contributed by atoms with Crippen molar-refractivity contribution in [3.63, 3.8) is 0 Å². The smallest absolute Gasteiger partial charge is 0.331 e. The highest BCUT2D eigenvalue weighted by molar-refractivity contribution is 5.91. The van der Waals surface area contributed by atoms with Gasteiger partial charge in [-0.15, -0.1) is 0 Å². The van der Waals surface area contributed by atoms with E-state index >= 15 is 0 Å². The Morgan fingerprint density at radius 2 is 1.57 bits per heavy atom. The van der Waals surface area contributed by atoms with Gasteiger partial charge in [0, 0.05) is 18.0 Å². The molecular formula is C30H47N3O4. The molecule has 37 heavy (non-hydrogen) atoms. The summed E-state index contributed by atoms with van der Waals surface area (Å²) in [4.78, 5) is 43.3. The van der Waals surface area contributed by atoms with Crippen molar-refractivity contribution in [3.05, 3.63) is 47.5 Å². The minimum absolute atomic E-state index is 0.00562. The Labute approximate surface area is 223 Å². The summed E-state index contributed by atoms with van der Waals surface area (Å²) in [6.07, 6.45) is 3.71. The maximum atomic E-state index is 14.1. The van der Waals surface area contributed by atoms with Crippen molar-refractivity contribution in [3.8, 4) is 0 Å². The normalized spacial score (nSPS) is 17.8. The molecule has 2 rings (SSSR count). The van der Waals surface area contributed by atoms with Crippen LogP contribution in [0.15, 0.2) is 42.0 Å². The highest BCUT2D eigenvalue weighted by atomic mass is 16.4. The van der Waals surface area contributed by atoms with Crippen molar-refractivity contribution in [2.75, 3.05) is 20.1 Å². The Bertz CT molecular complexity index is 972. The zero-order valence-corrected chi connectivity index (χ0v) is 24.2. The van der Waals surface area contributed by atoms with Crippen molar-refractivity contribution >= 4 is 17.8 Å². The van der Waals surface area contributed by atoms with Crippen molar-refractivity contribution in [2.45, 2.75) is 91.8 Å². The predicted molar refractivity (Wildman–Crippen MR) is 148 cm³/mol. The largest absolute Gasteiger partial charge is 0.478 e. The van der Waals surface area contributed by atoms with Gasteiger partial charge in [0.25, 0.3) is 0 Å². The first-order valence-electron chi connectivity index (χ1n) is 13.4. The fourth-order valence-corrected chi connectivity index (χ4v) is 5.27. The zero-order chi connectivity index (χ0) is 28.1. The molecule has 7 nitrogen and oxygen atoms in total. The van der Waals surface area contributed by atoms with Crippen LogP contribution in [-0.2, 0) is 19.8 Å². The van der Waals surface area contributed by atoms with Crippen LogP contribution in [-0.4, -0.2) is 71.0 Å². The molecule has 0 aromatic heterocycles. The van der Waals surface area contributed by atoms with Gasteiger partial charge in [0.1, 0.15) is 6.04 Å². The minimum atomic E-state index is -1.01. The molecule has 0 aliphatic carbocycles. The highest BCUT2D eigenvalue weighted by Crippen LogP contribution is 2.33. The number of carbonyl (C=O) groups is 3. The van der Waals surface area contributed by atoms with Crippen LogP contribution < -0.4 is 5.32 Å². The third-order valence-corrected chi connectivity index (χ3v) is 7.59. The van der Waals surface area contributed by atoms with Crippen LogP contribution in [0.1, 0.15) is 73.8 Å². The summed E-state index contributed by atoms with van der Waals surface area (Å²) in [5.74, 6) is -1.40. The van der Waals surface area contributed by atoms with Crippen molar-refractivity contribution in [1.29, 1.82) is 0 Å². The average molecular weight is 514 g/mol. The number of nitrogens with one attached hydrogen (secondary N) is 1. The third-order valence-electron chi connectivity index (χ3n) is 7.59. The van der Waals surface area contributed by atoms with Gasteiger partial charge in [0.2, 0.25) is 11.8 Å². The van der Waals surface area contributed by atoms with Crippen molar-refractivity contribution in [1.82, 2.24) is 15.1 Å². The Kier molecular flexibility index (Phi) is 10.1. The van der Waals surface area contributed by atoms with Crippen molar-refractivity contribution in [2.24, 2.45) is 11.3 Å². The van der Waals surface area contributed by atoms with E-state index in [9.17, 15) is 19.5 Å². The standard InChI is InChI=1S/C30H47N3O4/c1-20(2)23(19-21(3)28(36)37)32(9)27(35)24(29(4,5)6)31-26(34)25(33-17-13-14-18-33)30(7,8)22-15-11-10-12-16-22/h10-12,15-16,19-20,23-25H,13-14,17-18H2,1-9H3,(H,31,34)(H,36,37)/b21-19+/t23-,24-,25-/m1/s1. The molecule has 1 aliphatic rings. The molecule has 0 radical (unpaired) electrons. The Balaban J connectivity index is 2.43. The number of carbonyl (C=O) groups excluding carboxylic acids is 2. The van der Waals surface area contributed by atoms with E-state index in [1.54, 1.807) is 18.0 Å². The minimum Gasteiger partial charge on any atom is -0.478 e. The number of amides is 2. The maximum absolute atomic E-state index is 14.1. The first-order chi connectivity index (χ1) is 17.1. The summed E-state index contributed by atoms with van der Waals surface area (Å²) in [5, 5.41) is 12.5. The first kappa shape index (κ1) is 30.6. The van der Waals surface area contributed by atoms with Gasteiger partial charge >= 0.3 is 5.97 Å². The molecule has 7 heteroatoms. The Morgan fingerprint density at radius 1 is 1.03 bits per heavy atom. The van der Waals surface area contributed by atoms with E-state index in [1.807, 2.05) is 52.8 Å². The number of carboxylic acids is 1. The molecule has 3 atom stereocenters.